The zero-order chi connectivity index (χ0) is 20.5. The minimum absolute atomic E-state index is 0.00912. The maximum Gasteiger partial charge on any atom is 0.339 e. The van der Waals surface area contributed by atoms with Crippen LogP contribution in [0.5, 0.6) is 0 Å². The molecular weight excluding hydrogens is 370 g/mol. The van der Waals surface area contributed by atoms with Gasteiger partial charge < -0.3 is 9.64 Å². The summed E-state index contributed by atoms with van der Waals surface area (Å²) < 4.78 is 5.24. The molecule has 6 nitrogen and oxygen atoms in total. The van der Waals surface area contributed by atoms with Gasteiger partial charge in [0.2, 0.25) is 0 Å². The molecule has 1 saturated heterocycles. The summed E-state index contributed by atoms with van der Waals surface area (Å²) in [5.74, 6) is -1.72. The molecule has 2 aromatic rings. The molecule has 1 atom stereocenters. The van der Waals surface area contributed by atoms with Crippen molar-refractivity contribution in [1.82, 2.24) is 4.90 Å². The van der Waals surface area contributed by atoms with Crippen molar-refractivity contribution < 1.29 is 23.9 Å². The fraction of sp³-hybridized carbons (Fsp3) is 0.304. The van der Waals surface area contributed by atoms with E-state index in [1.54, 1.807) is 35.2 Å². The van der Waals surface area contributed by atoms with Crippen LogP contribution in [0, 0.1) is 0 Å². The summed E-state index contributed by atoms with van der Waals surface area (Å²) in [4.78, 5) is 52.6. The second kappa shape index (κ2) is 7.62. The first-order valence-electron chi connectivity index (χ1n) is 9.77. The SMILES string of the molecule is CC1CCCCN1C(=O)COC(=O)c1cccc2c1C(=O)c1ccccc1C2=O. The smallest absolute Gasteiger partial charge is 0.339 e. The van der Waals surface area contributed by atoms with E-state index in [9.17, 15) is 19.2 Å². The van der Waals surface area contributed by atoms with E-state index in [0.717, 1.165) is 19.3 Å². The molecule has 1 unspecified atom stereocenters. The summed E-state index contributed by atoms with van der Waals surface area (Å²) in [5.41, 5.74) is 0.821. The average molecular weight is 391 g/mol. The standard InChI is InChI=1S/C23H21NO5/c1-14-7-4-5-12-24(14)19(25)13-29-23(28)18-11-6-10-17-20(18)22(27)16-9-3-2-8-15(16)21(17)26/h2-3,6,8-11,14H,4-5,7,12-13H2,1H3. The Morgan fingerprint density at radius 1 is 0.966 bits per heavy atom. The van der Waals surface area contributed by atoms with Crippen LogP contribution in [0.3, 0.4) is 0 Å². The Labute approximate surface area is 168 Å². The van der Waals surface area contributed by atoms with Gasteiger partial charge in [-0.3, -0.25) is 14.4 Å². The zero-order valence-corrected chi connectivity index (χ0v) is 16.1. The van der Waals surface area contributed by atoms with E-state index >= 15 is 0 Å². The number of fused-ring (bicyclic) bond motifs is 2. The maximum absolute atomic E-state index is 13.0. The molecule has 1 heterocycles. The largest absolute Gasteiger partial charge is 0.452 e. The zero-order valence-electron chi connectivity index (χ0n) is 16.1. The molecule has 148 valence electrons. The molecule has 1 fully saturated rings. The molecule has 0 saturated carbocycles. The van der Waals surface area contributed by atoms with Crippen LogP contribution in [0.1, 0.15) is 68.4 Å². The molecule has 29 heavy (non-hydrogen) atoms. The normalized spacial score (nSPS) is 18.1. The summed E-state index contributed by atoms with van der Waals surface area (Å²) in [6.07, 6.45) is 2.95. The Morgan fingerprint density at radius 3 is 2.38 bits per heavy atom. The number of carbonyl (C=O) groups excluding carboxylic acids is 4. The van der Waals surface area contributed by atoms with Crippen molar-refractivity contribution in [2.45, 2.75) is 32.2 Å². The van der Waals surface area contributed by atoms with Gasteiger partial charge in [0.05, 0.1) is 5.56 Å². The predicted molar refractivity (Wildman–Crippen MR) is 105 cm³/mol. The van der Waals surface area contributed by atoms with E-state index in [4.69, 9.17) is 4.74 Å². The van der Waals surface area contributed by atoms with Crippen LogP contribution >= 0.6 is 0 Å². The highest BCUT2D eigenvalue weighted by molar-refractivity contribution is 6.30. The highest BCUT2D eigenvalue weighted by atomic mass is 16.5. The molecule has 0 radical (unpaired) electrons. The Morgan fingerprint density at radius 2 is 1.66 bits per heavy atom. The van der Waals surface area contributed by atoms with Gasteiger partial charge in [-0.15, -0.1) is 0 Å². The molecule has 4 rings (SSSR count). The van der Waals surface area contributed by atoms with Crippen molar-refractivity contribution in [2.75, 3.05) is 13.2 Å². The van der Waals surface area contributed by atoms with Crippen LogP contribution in [-0.2, 0) is 9.53 Å². The van der Waals surface area contributed by atoms with Crippen molar-refractivity contribution in [3.05, 3.63) is 70.3 Å². The number of likely N-dealkylation sites (tertiary alicyclic amines) is 1. The number of hydrogen-bond acceptors (Lipinski definition) is 5. The summed E-state index contributed by atoms with van der Waals surface area (Å²) >= 11 is 0. The average Bonchev–Trinajstić information content (AvgIpc) is 2.75. The Bertz CT molecular complexity index is 1030. The number of nitrogens with zero attached hydrogens (tertiary/aromatic N) is 1. The van der Waals surface area contributed by atoms with Gasteiger partial charge in [0.15, 0.2) is 18.2 Å². The van der Waals surface area contributed by atoms with E-state index in [-0.39, 0.29) is 46.6 Å². The molecular formula is C23H21NO5. The fourth-order valence-corrected chi connectivity index (χ4v) is 4.07. The van der Waals surface area contributed by atoms with Crippen molar-refractivity contribution >= 4 is 23.4 Å². The Hall–Kier alpha value is -3.28. The van der Waals surface area contributed by atoms with Crippen molar-refractivity contribution in [2.24, 2.45) is 0 Å². The summed E-state index contributed by atoms with van der Waals surface area (Å²) in [5, 5.41) is 0. The number of rotatable bonds is 3. The van der Waals surface area contributed by atoms with Gasteiger partial charge in [0.1, 0.15) is 0 Å². The predicted octanol–water partition coefficient (Wildman–Crippen LogP) is 3.02. The minimum atomic E-state index is -0.777. The van der Waals surface area contributed by atoms with Crippen LogP contribution in [0.15, 0.2) is 42.5 Å². The second-order valence-corrected chi connectivity index (χ2v) is 7.44. The molecule has 0 spiro atoms. The van der Waals surface area contributed by atoms with E-state index in [1.807, 2.05) is 6.92 Å². The lowest BCUT2D eigenvalue weighted by atomic mass is 9.82. The third kappa shape index (κ3) is 3.35. The van der Waals surface area contributed by atoms with Crippen molar-refractivity contribution in [3.8, 4) is 0 Å². The van der Waals surface area contributed by atoms with Gasteiger partial charge in [-0.25, -0.2) is 4.79 Å². The van der Waals surface area contributed by atoms with Gasteiger partial charge in [0.25, 0.3) is 5.91 Å². The Kier molecular flexibility index (Phi) is 5.01. The van der Waals surface area contributed by atoms with Crippen LogP contribution in [0.25, 0.3) is 0 Å². The first kappa shape index (κ1) is 19.1. The topological polar surface area (TPSA) is 80.8 Å². The van der Waals surface area contributed by atoms with Crippen LogP contribution < -0.4 is 0 Å². The quantitative estimate of drug-likeness (QED) is 0.641. The van der Waals surface area contributed by atoms with Gasteiger partial charge in [-0.1, -0.05) is 36.4 Å². The van der Waals surface area contributed by atoms with Crippen LogP contribution in [-0.4, -0.2) is 47.5 Å². The molecule has 1 aliphatic heterocycles. The maximum atomic E-state index is 13.0. The van der Waals surface area contributed by atoms with Crippen molar-refractivity contribution in [1.29, 1.82) is 0 Å². The molecule has 0 bridgehead atoms. The van der Waals surface area contributed by atoms with Crippen LogP contribution in [0.4, 0.5) is 0 Å². The summed E-state index contributed by atoms with van der Waals surface area (Å²) in [7, 11) is 0. The number of ether oxygens (including phenoxy) is 1. The molecule has 0 N–H and O–H groups in total. The number of carbonyl (C=O) groups is 4. The van der Waals surface area contributed by atoms with E-state index in [2.05, 4.69) is 0 Å². The van der Waals surface area contributed by atoms with E-state index < -0.39 is 11.8 Å². The van der Waals surface area contributed by atoms with Gasteiger partial charge in [-0.2, -0.15) is 0 Å². The highest BCUT2D eigenvalue weighted by Crippen LogP contribution is 2.29. The number of amides is 1. The molecule has 6 heteroatoms. The lowest BCUT2D eigenvalue weighted by Gasteiger charge is -2.33. The number of esters is 1. The number of piperidine rings is 1. The summed E-state index contributed by atoms with van der Waals surface area (Å²) in [6.45, 7) is 2.25. The third-order valence-electron chi connectivity index (χ3n) is 5.62. The number of benzene rings is 2. The molecule has 1 aliphatic carbocycles. The molecule has 2 aromatic carbocycles. The summed E-state index contributed by atoms with van der Waals surface area (Å²) in [6, 6.07) is 11.2. The van der Waals surface area contributed by atoms with Gasteiger partial charge >= 0.3 is 5.97 Å². The lowest BCUT2D eigenvalue weighted by molar-refractivity contribution is -0.137. The number of ketones is 2. The monoisotopic (exact) mass is 391 g/mol. The van der Waals surface area contributed by atoms with E-state index in [1.165, 1.54) is 12.1 Å². The van der Waals surface area contributed by atoms with Gasteiger partial charge in [-0.05, 0) is 32.3 Å². The second-order valence-electron chi connectivity index (χ2n) is 7.44. The number of hydrogen-bond donors (Lipinski definition) is 0. The first-order valence-corrected chi connectivity index (χ1v) is 9.77. The van der Waals surface area contributed by atoms with Crippen LogP contribution in [0.2, 0.25) is 0 Å². The van der Waals surface area contributed by atoms with Gasteiger partial charge in [0, 0.05) is 34.8 Å². The Balaban J connectivity index is 1.57. The highest BCUT2D eigenvalue weighted by Gasteiger charge is 2.33. The molecule has 2 aliphatic rings. The minimum Gasteiger partial charge on any atom is -0.452 e. The van der Waals surface area contributed by atoms with E-state index in [0.29, 0.717) is 12.1 Å². The first-order chi connectivity index (χ1) is 14.0. The molecule has 1 amide bonds. The molecule has 0 aromatic heterocycles. The lowest BCUT2D eigenvalue weighted by Crippen LogP contribution is -2.44. The fourth-order valence-electron chi connectivity index (χ4n) is 4.07. The third-order valence-corrected chi connectivity index (χ3v) is 5.62. The van der Waals surface area contributed by atoms with Crippen molar-refractivity contribution in [3.63, 3.8) is 0 Å².